The molecule has 2 unspecified atom stereocenters. The summed E-state index contributed by atoms with van der Waals surface area (Å²) >= 11 is 0. The Kier molecular flexibility index (Phi) is 4.53. The highest BCUT2D eigenvalue weighted by molar-refractivity contribution is 5.77. The van der Waals surface area contributed by atoms with Crippen molar-refractivity contribution in [3.05, 3.63) is 35.6 Å². The molecule has 0 aliphatic carbocycles. The monoisotopic (exact) mass is 264 g/mol. The van der Waals surface area contributed by atoms with Crippen molar-refractivity contribution in [1.82, 2.24) is 4.90 Å². The maximum absolute atomic E-state index is 13.3. The summed E-state index contributed by atoms with van der Waals surface area (Å²) < 4.78 is 13.3. The molecule has 1 amide bonds. The van der Waals surface area contributed by atoms with Crippen LogP contribution in [-0.4, -0.2) is 23.4 Å². The van der Waals surface area contributed by atoms with E-state index in [1.165, 1.54) is 12.1 Å². The Balaban J connectivity index is 2.06. The summed E-state index contributed by atoms with van der Waals surface area (Å²) in [6.45, 7) is 2.67. The molecule has 1 heterocycles. The zero-order chi connectivity index (χ0) is 13.8. The number of hydrogen-bond donors (Lipinski definition) is 1. The van der Waals surface area contributed by atoms with Gasteiger partial charge in [-0.25, -0.2) is 4.39 Å². The third-order valence-electron chi connectivity index (χ3n) is 3.62. The number of amides is 1. The van der Waals surface area contributed by atoms with Gasteiger partial charge in [0, 0.05) is 19.0 Å². The quantitative estimate of drug-likeness (QED) is 0.908. The molecule has 1 fully saturated rings. The SMILES string of the molecule is CC(N)CCC(=O)N1CCCC1c1cccc(F)c1. The molecule has 1 aliphatic rings. The van der Waals surface area contributed by atoms with Gasteiger partial charge in [-0.1, -0.05) is 12.1 Å². The molecule has 1 aliphatic heterocycles. The normalized spacial score (nSPS) is 20.6. The average molecular weight is 264 g/mol. The number of rotatable bonds is 4. The third-order valence-corrected chi connectivity index (χ3v) is 3.62. The predicted octanol–water partition coefficient (Wildman–Crippen LogP) is 2.62. The standard InChI is InChI=1S/C15H21FN2O/c1-11(17)7-8-15(19)18-9-3-6-14(18)12-4-2-5-13(16)10-12/h2,4-5,10-11,14H,3,6-9,17H2,1H3. The minimum absolute atomic E-state index is 0.0243. The van der Waals surface area contributed by atoms with E-state index in [1.54, 1.807) is 6.07 Å². The van der Waals surface area contributed by atoms with Crippen LogP contribution in [0.5, 0.6) is 0 Å². The lowest BCUT2D eigenvalue weighted by Gasteiger charge is -2.25. The Labute approximate surface area is 113 Å². The fourth-order valence-electron chi connectivity index (χ4n) is 2.62. The first-order valence-corrected chi connectivity index (χ1v) is 6.88. The number of benzene rings is 1. The fraction of sp³-hybridized carbons (Fsp3) is 0.533. The van der Waals surface area contributed by atoms with Crippen molar-refractivity contribution in [2.75, 3.05) is 6.54 Å². The Morgan fingerprint density at radius 2 is 2.37 bits per heavy atom. The number of hydrogen-bond acceptors (Lipinski definition) is 2. The predicted molar refractivity (Wildman–Crippen MR) is 73.0 cm³/mol. The minimum Gasteiger partial charge on any atom is -0.336 e. The summed E-state index contributed by atoms with van der Waals surface area (Å²) in [6.07, 6.45) is 3.06. The van der Waals surface area contributed by atoms with Crippen molar-refractivity contribution in [3.8, 4) is 0 Å². The molecule has 2 atom stereocenters. The molecule has 4 heteroatoms. The van der Waals surface area contributed by atoms with E-state index in [9.17, 15) is 9.18 Å². The number of nitrogens with two attached hydrogens (primary N) is 1. The summed E-state index contributed by atoms with van der Waals surface area (Å²) in [4.78, 5) is 14.1. The van der Waals surface area contributed by atoms with Crippen molar-refractivity contribution >= 4 is 5.91 Å². The van der Waals surface area contributed by atoms with Gasteiger partial charge in [-0.2, -0.15) is 0 Å². The second-order valence-electron chi connectivity index (χ2n) is 5.32. The lowest BCUT2D eigenvalue weighted by molar-refractivity contribution is -0.132. The number of halogens is 1. The fourth-order valence-corrected chi connectivity index (χ4v) is 2.62. The third kappa shape index (κ3) is 3.53. The molecule has 0 radical (unpaired) electrons. The molecule has 0 bridgehead atoms. The largest absolute Gasteiger partial charge is 0.336 e. The van der Waals surface area contributed by atoms with E-state index in [0.29, 0.717) is 12.8 Å². The van der Waals surface area contributed by atoms with Crippen LogP contribution < -0.4 is 5.73 Å². The maximum Gasteiger partial charge on any atom is 0.223 e. The Morgan fingerprint density at radius 1 is 1.58 bits per heavy atom. The zero-order valence-electron chi connectivity index (χ0n) is 11.3. The van der Waals surface area contributed by atoms with E-state index >= 15 is 0 Å². The molecule has 19 heavy (non-hydrogen) atoms. The minimum atomic E-state index is -0.243. The van der Waals surface area contributed by atoms with E-state index in [4.69, 9.17) is 5.73 Å². The van der Waals surface area contributed by atoms with Gasteiger partial charge in [0.2, 0.25) is 5.91 Å². The van der Waals surface area contributed by atoms with E-state index in [-0.39, 0.29) is 23.8 Å². The highest BCUT2D eigenvalue weighted by Gasteiger charge is 2.29. The van der Waals surface area contributed by atoms with E-state index in [1.807, 2.05) is 17.9 Å². The molecule has 1 saturated heterocycles. The van der Waals surface area contributed by atoms with Crippen molar-refractivity contribution in [2.24, 2.45) is 5.73 Å². The number of likely N-dealkylation sites (tertiary alicyclic amines) is 1. The van der Waals surface area contributed by atoms with Gasteiger partial charge in [0.15, 0.2) is 0 Å². The second kappa shape index (κ2) is 6.15. The van der Waals surface area contributed by atoms with Gasteiger partial charge in [0.25, 0.3) is 0 Å². The van der Waals surface area contributed by atoms with Crippen LogP contribution in [0.25, 0.3) is 0 Å². The van der Waals surface area contributed by atoms with Crippen molar-refractivity contribution in [2.45, 2.75) is 44.7 Å². The second-order valence-corrected chi connectivity index (χ2v) is 5.32. The number of carbonyl (C=O) groups excluding carboxylic acids is 1. The average Bonchev–Trinajstić information content (AvgIpc) is 2.85. The molecular weight excluding hydrogens is 243 g/mol. The zero-order valence-corrected chi connectivity index (χ0v) is 11.3. The van der Waals surface area contributed by atoms with Gasteiger partial charge >= 0.3 is 0 Å². The van der Waals surface area contributed by atoms with Crippen molar-refractivity contribution in [3.63, 3.8) is 0 Å². The molecule has 3 nitrogen and oxygen atoms in total. The molecule has 0 saturated carbocycles. The lowest BCUT2D eigenvalue weighted by Crippen LogP contribution is -2.31. The van der Waals surface area contributed by atoms with Crippen LogP contribution in [0.2, 0.25) is 0 Å². The highest BCUT2D eigenvalue weighted by atomic mass is 19.1. The van der Waals surface area contributed by atoms with E-state index < -0.39 is 0 Å². The van der Waals surface area contributed by atoms with Crippen molar-refractivity contribution < 1.29 is 9.18 Å². The van der Waals surface area contributed by atoms with Gasteiger partial charge in [0.05, 0.1) is 6.04 Å². The van der Waals surface area contributed by atoms with Crippen LogP contribution in [0.1, 0.15) is 44.2 Å². The van der Waals surface area contributed by atoms with Crippen LogP contribution in [0, 0.1) is 5.82 Å². The molecule has 2 rings (SSSR count). The molecule has 104 valence electrons. The summed E-state index contributed by atoms with van der Waals surface area (Å²) in [7, 11) is 0. The van der Waals surface area contributed by atoms with Gasteiger partial charge in [0.1, 0.15) is 5.82 Å². The van der Waals surface area contributed by atoms with Crippen LogP contribution >= 0.6 is 0 Å². The molecule has 1 aromatic rings. The summed E-state index contributed by atoms with van der Waals surface area (Å²) in [6, 6.07) is 6.62. The maximum atomic E-state index is 13.3. The van der Waals surface area contributed by atoms with Gasteiger partial charge in [-0.05, 0) is 43.9 Å². The van der Waals surface area contributed by atoms with Crippen LogP contribution in [0.3, 0.4) is 0 Å². The lowest BCUT2D eigenvalue weighted by atomic mass is 10.0. The van der Waals surface area contributed by atoms with Crippen LogP contribution in [0.15, 0.2) is 24.3 Å². The topological polar surface area (TPSA) is 46.3 Å². The molecular formula is C15H21FN2O. The first kappa shape index (κ1) is 14.0. The summed E-state index contributed by atoms with van der Waals surface area (Å²) in [5, 5.41) is 0. The smallest absolute Gasteiger partial charge is 0.223 e. The van der Waals surface area contributed by atoms with Crippen LogP contribution in [0.4, 0.5) is 4.39 Å². The van der Waals surface area contributed by atoms with Gasteiger partial charge < -0.3 is 10.6 Å². The van der Waals surface area contributed by atoms with Gasteiger partial charge in [-0.3, -0.25) is 4.79 Å². The molecule has 1 aromatic carbocycles. The van der Waals surface area contributed by atoms with E-state index in [2.05, 4.69) is 0 Å². The Hall–Kier alpha value is -1.42. The number of nitrogens with zero attached hydrogens (tertiary/aromatic N) is 1. The number of carbonyl (C=O) groups is 1. The molecule has 0 spiro atoms. The Morgan fingerprint density at radius 3 is 3.05 bits per heavy atom. The van der Waals surface area contributed by atoms with Crippen LogP contribution in [-0.2, 0) is 4.79 Å². The molecule has 0 aromatic heterocycles. The van der Waals surface area contributed by atoms with Gasteiger partial charge in [-0.15, -0.1) is 0 Å². The first-order chi connectivity index (χ1) is 9.08. The summed E-state index contributed by atoms with van der Waals surface area (Å²) in [5.74, 6) is -0.114. The Bertz CT molecular complexity index is 448. The highest BCUT2D eigenvalue weighted by Crippen LogP contribution is 2.32. The summed E-state index contributed by atoms with van der Waals surface area (Å²) in [5.41, 5.74) is 6.58. The van der Waals surface area contributed by atoms with Crippen molar-refractivity contribution in [1.29, 1.82) is 0 Å². The van der Waals surface area contributed by atoms with E-state index in [0.717, 1.165) is 24.9 Å². The first-order valence-electron chi connectivity index (χ1n) is 6.88. The molecule has 2 N–H and O–H groups in total.